The van der Waals surface area contributed by atoms with Crippen molar-refractivity contribution in [2.24, 2.45) is 5.92 Å². The van der Waals surface area contributed by atoms with Crippen LogP contribution in [0.2, 0.25) is 0 Å². The summed E-state index contributed by atoms with van der Waals surface area (Å²) in [6.07, 6.45) is 0.629. The molecule has 1 aliphatic heterocycles. The van der Waals surface area contributed by atoms with Crippen molar-refractivity contribution in [1.82, 2.24) is 4.90 Å². The first kappa shape index (κ1) is 13.3. The van der Waals surface area contributed by atoms with Gasteiger partial charge in [-0.2, -0.15) is 12.6 Å². The number of likely N-dealkylation sites (tertiary alicyclic amines) is 1. The molecule has 0 N–H and O–H groups in total. The molecule has 2 rings (SSSR count). The number of benzene rings is 1. The fraction of sp³-hybridized carbons (Fsp3) is 0.500. The summed E-state index contributed by atoms with van der Waals surface area (Å²) in [6.45, 7) is 2.89. The van der Waals surface area contributed by atoms with E-state index in [4.69, 9.17) is 4.74 Å². The Kier molecular flexibility index (Phi) is 4.17. The molecule has 1 fully saturated rings. The second-order valence-corrected chi connectivity index (χ2v) is 5.11. The first-order valence-corrected chi connectivity index (χ1v) is 6.83. The second kappa shape index (κ2) is 5.65. The lowest BCUT2D eigenvalue weighted by molar-refractivity contribution is -0.129. The summed E-state index contributed by atoms with van der Waals surface area (Å²) in [7, 11) is 1.65. The molecule has 1 heterocycles. The van der Waals surface area contributed by atoms with Gasteiger partial charge in [0.2, 0.25) is 5.91 Å². The summed E-state index contributed by atoms with van der Waals surface area (Å²) in [4.78, 5) is 13.9. The van der Waals surface area contributed by atoms with Gasteiger partial charge in [-0.3, -0.25) is 4.79 Å². The molecule has 0 aromatic heterocycles. The van der Waals surface area contributed by atoms with E-state index in [1.165, 1.54) is 0 Å². The molecular weight excluding hydrogens is 246 g/mol. The monoisotopic (exact) mass is 265 g/mol. The summed E-state index contributed by atoms with van der Waals surface area (Å²) in [5.74, 6) is 2.24. The minimum Gasteiger partial charge on any atom is -0.497 e. The lowest BCUT2D eigenvalue weighted by atomic mass is 10.1. The number of hydrogen-bond donors (Lipinski definition) is 1. The van der Waals surface area contributed by atoms with Crippen molar-refractivity contribution in [3.8, 4) is 5.75 Å². The van der Waals surface area contributed by atoms with Crippen molar-refractivity contribution in [2.75, 3.05) is 19.4 Å². The second-order valence-electron chi connectivity index (χ2n) is 4.75. The van der Waals surface area contributed by atoms with Crippen LogP contribution in [0.3, 0.4) is 0 Å². The van der Waals surface area contributed by atoms with E-state index in [-0.39, 0.29) is 11.9 Å². The summed E-state index contributed by atoms with van der Waals surface area (Å²) in [5.41, 5.74) is 1.14. The molecule has 4 heteroatoms. The van der Waals surface area contributed by atoms with Gasteiger partial charge >= 0.3 is 0 Å². The van der Waals surface area contributed by atoms with E-state index in [9.17, 15) is 4.79 Å². The predicted octanol–water partition coefficient (Wildman–Crippen LogP) is 2.53. The van der Waals surface area contributed by atoms with Crippen molar-refractivity contribution in [2.45, 2.75) is 19.4 Å². The molecule has 1 unspecified atom stereocenters. The Hall–Kier alpha value is -1.16. The van der Waals surface area contributed by atoms with Crippen LogP contribution in [-0.4, -0.2) is 30.2 Å². The van der Waals surface area contributed by atoms with Crippen LogP contribution in [0.5, 0.6) is 5.75 Å². The van der Waals surface area contributed by atoms with Crippen LogP contribution in [0.15, 0.2) is 24.3 Å². The molecule has 0 radical (unpaired) electrons. The number of hydrogen-bond acceptors (Lipinski definition) is 3. The molecule has 98 valence electrons. The fourth-order valence-electron chi connectivity index (χ4n) is 2.37. The molecule has 3 nitrogen and oxygen atoms in total. The molecule has 18 heavy (non-hydrogen) atoms. The highest BCUT2D eigenvalue weighted by Crippen LogP contribution is 2.29. The third-order valence-electron chi connectivity index (χ3n) is 3.56. The van der Waals surface area contributed by atoms with Gasteiger partial charge in [-0.05, 0) is 36.3 Å². The average molecular weight is 265 g/mol. The van der Waals surface area contributed by atoms with E-state index >= 15 is 0 Å². The Morgan fingerprint density at radius 3 is 2.61 bits per heavy atom. The van der Waals surface area contributed by atoms with Crippen LogP contribution >= 0.6 is 12.6 Å². The molecule has 0 bridgehead atoms. The van der Waals surface area contributed by atoms with Crippen molar-refractivity contribution in [3.05, 3.63) is 29.8 Å². The van der Waals surface area contributed by atoms with Crippen LogP contribution in [0.25, 0.3) is 0 Å². The number of carbonyl (C=O) groups excluding carboxylic acids is 1. The summed E-state index contributed by atoms with van der Waals surface area (Å²) >= 11 is 4.28. The van der Waals surface area contributed by atoms with Crippen molar-refractivity contribution in [3.63, 3.8) is 0 Å². The van der Waals surface area contributed by atoms with Gasteiger partial charge in [-0.1, -0.05) is 12.1 Å². The highest BCUT2D eigenvalue weighted by atomic mass is 32.1. The minimum absolute atomic E-state index is 0.119. The van der Waals surface area contributed by atoms with Gasteiger partial charge in [0.25, 0.3) is 0 Å². The SMILES string of the molecule is COc1ccc([C@H](C)N2CC(CS)CC2=O)cc1. The van der Waals surface area contributed by atoms with Crippen molar-refractivity contribution < 1.29 is 9.53 Å². The summed E-state index contributed by atoms with van der Waals surface area (Å²) < 4.78 is 5.14. The van der Waals surface area contributed by atoms with Crippen LogP contribution in [0.1, 0.15) is 24.9 Å². The molecule has 1 aromatic rings. The zero-order valence-electron chi connectivity index (χ0n) is 10.8. The van der Waals surface area contributed by atoms with Gasteiger partial charge in [-0.15, -0.1) is 0 Å². The van der Waals surface area contributed by atoms with Gasteiger partial charge in [-0.25, -0.2) is 0 Å². The van der Waals surface area contributed by atoms with Crippen LogP contribution < -0.4 is 4.74 Å². The van der Waals surface area contributed by atoms with Gasteiger partial charge in [0, 0.05) is 13.0 Å². The molecule has 0 saturated carbocycles. The summed E-state index contributed by atoms with van der Waals surface area (Å²) in [5, 5.41) is 0. The normalized spacial score (nSPS) is 21.2. The van der Waals surface area contributed by atoms with Crippen molar-refractivity contribution >= 4 is 18.5 Å². The molecule has 1 amide bonds. The van der Waals surface area contributed by atoms with E-state index in [2.05, 4.69) is 19.6 Å². The summed E-state index contributed by atoms with van der Waals surface area (Å²) in [6, 6.07) is 8.02. The highest BCUT2D eigenvalue weighted by Gasteiger charge is 2.32. The van der Waals surface area contributed by atoms with Gasteiger partial charge in [0.1, 0.15) is 5.75 Å². The maximum absolute atomic E-state index is 11.9. The Balaban J connectivity index is 2.10. The number of thiol groups is 1. The first-order valence-electron chi connectivity index (χ1n) is 6.20. The molecule has 1 saturated heterocycles. The number of rotatable bonds is 4. The minimum atomic E-state index is 0.119. The van der Waals surface area contributed by atoms with E-state index in [0.717, 1.165) is 23.6 Å². The molecule has 1 aliphatic rings. The number of ether oxygens (including phenoxy) is 1. The van der Waals surface area contributed by atoms with E-state index in [1.54, 1.807) is 7.11 Å². The first-order chi connectivity index (χ1) is 8.65. The lowest BCUT2D eigenvalue weighted by Crippen LogP contribution is -2.28. The van der Waals surface area contributed by atoms with Crippen LogP contribution in [0, 0.1) is 5.92 Å². The maximum Gasteiger partial charge on any atom is 0.223 e. The maximum atomic E-state index is 11.9. The zero-order valence-corrected chi connectivity index (χ0v) is 11.7. The number of methoxy groups -OCH3 is 1. The highest BCUT2D eigenvalue weighted by molar-refractivity contribution is 7.80. The fourth-order valence-corrected chi connectivity index (χ4v) is 2.61. The van der Waals surface area contributed by atoms with Crippen LogP contribution in [-0.2, 0) is 4.79 Å². The zero-order chi connectivity index (χ0) is 13.1. The Morgan fingerprint density at radius 2 is 2.11 bits per heavy atom. The topological polar surface area (TPSA) is 29.5 Å². The largest absolute Gasteiger partial charge is 0.497 e. The molecule has 0 aliphatic carbocycles. The number of nitrogens with zero attached hydrogens (tertiary/aromatic N) is 1. The quantitative estimate of drug-likeness (QED) is 0.848. The van der Waals surface area contributed by atoms with E-state index < -0.39 is 0 Å². The van der Waals surface area contributed by atoms with Crippen molar-refractivity contribution in [1.29, 1.82) is 0 Å². The average Bonchev–Trinajstić information content (AvgIpc) is 2.79. The predicted molar refractivity (Wildman–Crippen MR) is 75.1 cm³/mol. The number of amides is 1. The Morgan fingerprint density at radius 1 is 1.44 bits per heavy atom. The number of carbonyl (C=O) groups is 1. The molecule has 2 atom stereocenters. The third-order valence-corrected chi connectivity index (χ3v) is 4.08. The van der Waals surface area contributed by atoms with E-state index in [1.807, 2.05) is 29.2 Å². The Bertz CT molecular complexity index is 418. The molecule has 0 spiro atoms. The third kappa shape index (κ3) is 2.64. The molecular formula is C14H19NO2S. The van der Waals surface area contributed by atoms with Crippen LogP contribution in [0.4, 0.5) is 0 Å². The van der Waals surface area contributed by atoms with Gasteiger partial charge in [0.15, 0.2) is 0 Å². The van der Waals surface area contributed by atoms with Gasteiger partial charge < -0.3 is 9.64 Å². The van der Waals surface area contributed by atoms with Gasteiger partial charge in [0.05, 0.1) is 13.2 Å². The smallest absolute Gasteiger partial charge is 0.223 e. The lowest BCUT2D eigenvalue weighted by Gasteiger charge is -2.25. The Labute approximate surface area is 114 Å². The van der Waals surface area contributed by atoms with E-state index in [0.29, 0.717) is 12.3 Å². The molecule has 1 aromatic carbocycles. The standard InChI is InChI=1S/C14H19NO2S/c1-10(12-3-5-13(17-2)6-4-12)15-8-11(9-18)7-14(15)16/h3-6,10-11,18H,7-9H2,1-2H3/t10-,11?/m0/s1.